The third-order valence-electron chi connectivity index (χ3n) is 3.95. The maximum atomic E-state index is 11.3. The lowest BCUT2D eigenvalue weighted by molar-refractivity contribution is -0.152. The van der Waals surface area contributed by atoms with Gasteiger partial charge in [0.05, 0.1) is 7.11 Å². The molecule has 0 spiro atoms. The topological polar surface area (TPSA) is 65.0 Å². The molecule has 0 aromatic heterocycles. The number of hydrogen-bond donors (Lipinski definition) is 1. The largest absolute Gasteiger partial charge is 0.511 e. The summed E-state index contributed by atoms with van der Waals surface area (Å²) in [7, 11) is 1.26. The van der Waals surface area contributed by atoms with Crippen LogP contribution in [0, 0.1) is 20.8 Å². The van der Waals surface area contributed by atoms with Crippen molar-refractivity contribution in [1.29, 1.82) is 0 Å². The van der Waals surface area contributed by atoms with Gasteiger partial charge < -0.3 is 19.3 Å². The van der Waals surface area contributed by atoms with Gasteiger partial charge in [0.1, 0.15) is 11.5 Å². The molecule has 1 N–H and O–H groups in total. The molecule has 0 radical (unpaired) electrons. The first-order valence-electron chi connectivity index (χ1n) is 6.56. The predicted octanol–water partition coefficient (Wildman–Crippen LogP) is 3.14. The highest BCUT2D eigenvalue weighted by atomic mass is 16.8. The number of rotatable bonds is 1. The van der Waals surface area contributed by atoms with Crippen LogP contribution in [0.4, 0.5) is 4.79 Å². The molecule has 1 heterocycles. The second kappa shape index (κ2) is 4.89. The van der Waals surface area contributed by atoms with Gasteiger partial charge in [-0.25, -0.2) is 4.79 Å². The summed E-state index contributed by atoms with van der Waals surface area (Å²) in [6.45, 7) is 7.31. The monoisotopic (exact) mass is 280 g/mol. The maximum Gasteiger partial charge on any atom is 0.511 e. The van der Waals surface area contributed by atoms with Crippen LogP contribution < -0.4 is 4.74 Å². The van der Waals surface area contributed by atoms with E-state index in [0.29, 0.717) is 24.3 Å². The van der Waals surface area contributed by atoms with Crippen LogP contribution in [-0.4, -0.2) is 24.2 Å². The molecule has 0 unspecified atom stereocenters. The molecule has 1 aromatic rings. The highest BCUT2D eigenvalue weighted by Gasteiger charge is 2.38. The number of methoxy groups -OCH3 is 1. The third kappa shape index (κ3) is 2.28. The Hall–Kier alpha value is -1.91. The van der Waals surface area contributed by atoms with Gasteiger partial charge in [-0.3, -0.25) is 0 Å². The van der Waals surface area contributed by atoms with E-state index < -0.39 is 11.9 Å². The summed E-state index contributed by atoms with van der Waals surface area (Å²) in [5, 5.41) is 10.1. The lowest BCUT2D eigenvalue weighted by Gasteiger charge is -2.36. The Morgan fingerprint density at radius 1 is 1.25 bits per heavy atom. The van der Waals surface area contributed by atoms with Crippen molar-refractivity contribution in [3.63, 3.8) is 0 Å². The van der Waals surface area contributed by atoms with Gasteiger partial charge >= 0.3 is 6.16 Å². The fourth-order valence-corrected chi connectivity index (χ4v) is 2.52. The molecule has 1 aliphatic rings. The summed E-state index contributed by atoms with van der Waals surface area (Å²) >= 11 is 0. The second-order valence-electron chi connectivity index (χ2n) is 5.32. The standard InChI is InChI=1S/C15H20O5/c1-8-9(2)13-11(10(3)12(8)16)6-7-15(4,19-13)20-14(17)18-5/h16H,6-7H2,1-5H3/t15-/m1/s1. The fourth-order valence-electron chi connectivity index (χ4n) is 2.52. The molecule has 1 aliphatic heterocycles. The number of fused-ring (bicyclic) bond motifs is 1. The normalized spacial score (nSPS) is 20.9. The summed E-state index contributed by atoms with van der Waals surface area (Å²) in [4.78, 5) is 11.3. The minimum Gasteiger partial charge on any atom is -0.507 e. The first-order valence-corrected chi connectivity index (χ1v) is 6.56. The van der Waals surface area contributed by atoms with Gasteiger partial charge in [-0.05, 0) is 43.9 Å². The van der Waals surface area contributed by atoms with E-state index in [-0.39, 0.29) is 0 Å². The van der Waals surface area contributed by atoms with Crippen molar-refractivity contribution in [3.05, 3.63) is 22.3 Å². The zero-order valence-electron chi connectivity index (χ0n) is 12.5. The Labute approximate surface area is 118 Å². The van der Waals surface area contributed by atoms with Crippen molar-refractivity contribution in [3.8, 4) is 11.5 Å². The maximum absolute atomic E-state index is 11.3. The van der Waals surface area contributed by atoms with Crippen molar-refractivity contribution < 1.29 is 24.1 Å². The first kappa shape index (κ1) is 14.5. The number of hydrogen-bond acceptors (Lipinski definition) is 5. The van der Waals surface area contributed by atoms with Crippen LogP contribution in [0.1, 0.15) is 35.6 Å². The molecule has 0 saturated heterocycles. The van der Waals surface area contributed by atoms with Gasteiger partial charge in [-0.2, -0.15) is 0 Å². The molecule has 110 valence electrons. The van der Waals surface area contributed by atoms with Gasteiger partial charge in [0.15, 0.2) is 0 Å². The summed E-state index contributed by atoms with van der Waals surface area (Å²) in [5.74, 6) is -0.0430. The van der Waals surface area contributed by atoms with Crippen molar-refractivity contribution in [2.75, 3.05) is 7.11 Å². The van der Waals surface area contributed by atoms with E-state index in [0.717, 1.165) is 22.3 Å². The van der Waals surface area contributed by atoms with E-state index in [1.165, 1.54) is 7.11 Å². The molecule has 5 nitrogen and oxygen atoms in total. The number of ether oxygens (including phenoxy) is 3. The zero-order chi connectivity index (χ0) is 15.1. The molecule has 0 fully saturated rings. The van der Waals surface area contributed by atoms with E-state index >= 15 is 0 Å². The van der Waals surface area contributed by atoms with Crippen molar-refractivity contribution in [1.82, 2.24) is 0 Å². The fraction of sp³-hybridized carbons (Fsp3) is 0.533. The predicted molar refractivity (Wildman–Crippen MR) is 73.2 cm³/mol. The molecule has 2 rings (SSSR count). The van der Waals surface area contributed by atoms with Crippen LogP contribution in [0.25, 0.3) is 0 Å². The average Bonchev–Trinajstić information content (AvgIpc) is 2.42. The van der Waals surface area contributed by atoms with Crippen LogP contribution in [0.15, 0.2) is 0 Å². The first-order chi connectivity index (χ1) is 9.29. The minimum absolute atomic E-state index is 0.308. The van der Waals surface area contributed by atoms with Crippen LogP contribution in [0.3, 0.4) is 0 Å². The summed E-state index contributed by atoms with van der Waals surface area (Å²) in [6, 6.07) is 0. The summed E-state index contributed by atoms with van der Waals surface area (Å²) in [6.07, 6.45) is 0.419. The van der Waals surface area contributed by atoms with Crippen molar-refractivity contribution in [2.24, 2.45) is 0 Å². The van der Waals surface area contributed by atoms with E-state index in [1.54, 1.807) is 6.92 Å². The van der Waals surface area contributed by atoms with E-state index in [1.807, 2.05) is 20.8 Å². The Morgan fingerprint density at radius 3 is 2.50 bits per heavy atom. The van der Waals surface area contributed by atoms with Gasteiger partial charge in [0, 0.05) is 18.9 Å². The molecule has 0 bridgehead atoms. The number of carbonyl (C=O) groups is 1. The molecular weight excluding hydrogens is 260 g/mol. The van der Waals surface area contributed by atoms with Crippen molar-refractivity contribution in [2.45, 2.75) is 46.3 Å². The van der Waals surface area contributed by atoms with Gasteiger partial charge in [0.2, 0.25) is 0 Å². The lowest BCUT2D eigenvalue weighted by atomic mass is 9.91. The lowest BCUT2D eigenvalue weighted by Crippen LogP contribution is -2.41. The Kier molecular flexibility index (Phi) is 3.54. The van der Waals surface area contributed by atoms with E-state index in [4.69, 9.17) is 9.47 Å². The Morgan fingerprint density at radius 2 is 1.90 bits per heavy atom. The van der Waals surface area contributed by atoms with E-state index in [9.17, 15) is 9.90 Å². The minimum atomic E-state index is -1.04. The average molecular weight is 280 g/mol. The highest BCUT2D eigenvalue weighted by molar-refractivity contribution is 5.61. The molecule has 0 aliphatic carbocycles. The molecule has 20 heavy (non-hydrogen) atoms. The summed E-state index contributed by atoms with van der Waals surface area (Å²) in [5.41, 5.74) is 3.44. The van der Waals surface area contributed by atoms with Gasteiger partial charge in [-0.1, -0.05) is 0 Å². The quantitative estimate of drug-likeness (QED) is 0.800. The highest BCUT2D eigenvalue weighted by Crippen LogP contribution is 2.43. The van der Waals surface area contributed by atoms with E-state index in [2.05, 4.69) is 4.74 Å². The molecule has 0 amide bonds. The van der Waals surface area contributed by atoms with Crippen molar-refractivity contribution >= 4 is 6.16 Å². The van der Waals surface area contributed by atoms with Crippen LogP contribution in [-0.2, 0) is 15.9 Å². The molecule has 1 atom stereocenters. The van der Waals surface area contributed by atoms with Crippen LogP contribution >= 0.6 is 0 Å². The Balaban J connectivity index is 2.42. The number of benzene rings is 1. The number of carbonyl (C=O) groups excluding carboxylic acids is 1. The smallest absolute Gasteiger partial charge is 0.507 e. The molecule has 1 aromatic carbocycles. The summed E-state index contributed by atoms with van der Waals surface area (Å²) < 4.78 is 15.6. The van der Waals surface area contributed by atoms with Gasteiger partial charge in [0.25, 0.3) is 5.79 Å². The second-order valence-corrected chi connectivity index (χ2v) is 5.32. The Bertz CT molecular complexity index is 564. The van der Waals surface area contributed by atoms with Crippen LogP contribution in [0.2, 0.25) is 0 Å². The van der Waals surface area contributed by atoms with Gasteiger partial charge in [-0.15, -0.1) is 0 Å². The molecular formula is C15H20O5. The third-order valence-corrected chi connectivity index (χ3v) is 3.95. The number of phenolic OH excluding ortho intramolecular Hbond substituents is 1. The molecule has 0 saturated carbocycles. The molecule has 5 heteroatoms. The zero-order valence-corrected chi connectivity index (χ0v) is 12.5. The SMILES string of the molecule is COC(=O)O[C@]1(C)CCc2c(C)c(O)c(C)c(C)c2O1. The number of phenols is 1. The van der Waals surface area contributed by atoms with Crippen LogP contribution in [0.5, 0.6) is 11.5 Å². The number of aromatic hydroxyl groups is 1.